The molecule has 5 rings (SSSR count). The van der Waals surface area contributed by atoms with Gasteiger partial charge < -0.3 is 19.2 Å². The Labute approximate surface area is 188 Å². The number of amides is 2. The summed E-state index contributed by atoms with van der Waals surface area (Å²) >= 11 is 0. The lowest BCUT2D eigenvalue weighted by molar-refractivity contribution is -0.134. The molecule has 1 aliphatic carbocycles. The topological polar surface area (TPSA) is 67.5 Å². The SMILES string of the molecule is Cc1ccccc1CN1C(=O)c2cc3occc3n2C[C@@]1(C)C(=O)NC1CCC(C)CC1. The molecule has 32 heavy (non-hydrogen) atoms. The molecule has 168 valence electrons. The van der Waals surface area contributed by atoms with Crippen LogP contribution in [0.4, 0.5) is 0 Å². The fourth-order valence-corrected chi connectivity index (χ4v) is 5.22. The van der Waals surface area contributed by atoms with Gasteiger partial charge in [0.2, 0.25) is 5.91 Å². The molecule has 3 aromatic rings. The summed E-state index contributed by atoms with van der Waals surface area (Å²) in [7, 11) is 0. The number of hydrogen-bond donors (Lipinski definition) is 1. The number of fused-ring (bicyclic) bond motifs is 3. The third kappa shape index (κ3) is 3.42. The smallest absolute Gasteiger partial charge is 0.271 e. The van der Waals surface area contributed by atoms with Gasteiger partial charge in [-0.15, -0.1) is 0 Å². The first-order valence-electron chi connectivity index (χ1n) is 11.6. The maximum atomic E-state index is 13.8. The Morgan fingerprint density at radius 3 is 2.69 bits per heavy atom. The molecule has 1 fully saturated rings. The van der Waals surface area contributed by atoms with E-state index in [0.29, 0.717) is 30.3 Å². The highest BCUT2D eigenvalue weighted by molar-refractivity contribution is 6.02. The van der Waals surface area contributed by atoms with Crippen LogP contribution in [-0.4, -0.2) is 32.9 Å². The maximum absolute atomic E-state index is 13.8. The van der Waals surface area contributed by atoms with Gasteiger partial charge >= 0.3 is 0 Å². The molecule has 2 aliphatic rings. The van der Waals surface area contributed by atoms with Crippen LogP contribution in [-0.2, 0) is 17.9 Å². The highest BCUT2D eigenvalue weighted by Gasteiger charge is 2.48. The van der Waals surface area contributed by atoms with Crippen LogP contribution in [0, 0.1) is 12.8 Å². The summed E-state index contributed by atoms with van der Waals surface area (Å²) in [6.45, 7) is 7.01. The number of hydrogen-bond acceptors (Lipinski definition) is 3. The highest BCUT2D eigenvalue weighted by atomic mass is 16.3. The minimum Gasteiger partial charge on any atom is -0.463 e. The lowest BCUT2D eigenvalue weighted by Crippen LogP contribution is -2.64. The number of furan rings is 1. The Bertz CT molecular complexity index is 1170. The van der Waals surface area contributed by atoms with Crippen LogP contribution < -0.4 is 5.32 Å². The Morgan fingerprint density at radius 2 is 1.94 bits per heavy atom. The van der Waals surface area contributed by atoms with Gasteiger partial charge in [0.1, 0.15) is 11.2 Å². The van der Waals surface area contributed by atoms with Crippen molar-refractivity contribution in [2.24, 2.45) is 5.92 Å². The summed E-state index contributed by atoms with van der Waals surface area (Å²) in [5, 5.41) is 3.30. The summed E-state index contributed by atoms with van der Waals surface area (Å²) < 4.78 is 7.50. The third-order valence-electron chi connectivity index (χ3n) is 7.48. The van der Waals surface area contributed by atoms with Crippen molar-refractivity contribution in [3.63, 3.8) is 0 Å². The van der Waals surface area contributed by atoms with Gasteiger partial charge in [-0.1, -0.05) is 31.2 Å². The second-order valence-corrected chi connectivity index (χ2v) is 9.81. The first-order valence-corrected chi connectivity index (χ1v) is 11.6. The number of aryl methyl sites for hydroxylation is 1. The molecule has 0 bridgehead atoms. The largest absolute Gasteiger partial charge is 0.463 e. The molecular weight excluding hydrogens is 402 g/mol. The average Bonchev–Trinajstić information content (AvgIpc) is 3.36. The van der Waals surface area contributed by atoms with E-state index in [1.165, 1.54) is 0 Å². The first-order chi connectivity index (χ1) is 15.4. The van der Waals surface area contributed by atoms with Gasteiger partial charge in [-0.2, -0.15) is 0 Å². The fraction of sp³-hybridized carbons (Fsp3) is 0.462. The molecule has 1 aliphatic heterocycles. The molecule has 6 nitrogen and oxygen atoms in total. The molecule has 0 spiro atoms. The lowest BCUT2D eigenvalue weighted by Gasteiger charge is -2.45. The van der Waals surface area contributed by atoms with Crippen molar-refractivity contribution in [2.75, 3.05) is 0 Å². The van der Waals surface area contributed by atoms with E-state index in [1.54, 1.807) is 17.2 Å². The molecule has 1 N–H and O–H groups in total. The van der Waals surface area contributed by atoms with Crippen LogP contribution in [0.1, 0.15) is 61.1 Å². The number of rotatable bonds is 4. The minimum absolute atomic E-state index is 0.0741. The van der Waals surface area contributed by atoms with Crippen molar-refractivity contribution < 1.29 is 14.0 Å². The summed E-state index contributed by atoms with van der Waals surface area (Å²) in [6, 6.07) is 11.9. The molecular formula is C26H31N3O3. The van der Waals surface area contributed by atoms with Gasteiger partial charge in [0.15, 0.2) is 5.58 Å². The Balaban J connectivity index is 1.52. The third-order valence-corrected chi connectivity index (χ3v) is 7.48. The van der Waals surface area contributed by atoms with E-state index >= 15 is 0 Å². The van der Waals surface area contributed by atoms with Gasteiger partial charge in [-0.25, -0.2) is 0 Å². The number of aromatic nitrogens is 1. The maximum Gasteiger partial charge on any atom is 0.271 e. The molecule has 0 saturated heterocycles. The van der Waals surface area contributed by atoms with Crippen LogP contribution in [0.15, 0.2) is 47.1 Å². The van der Waals surface area contributed by atoms with Gasteiger partial charge in [0.25, 0.3) is 5.91 Å². The van der Waals surface area contributed by atoms with E-state index in [2.05, 4.69) is 12.2 Å². The standard InChI is InChI=1S/C26H31N3O3/c1-17-8-10-20(11-9-17)27-25(31)26(3)16-28-21-12-13-32-23(21)14-22(28)24(30)29(26)15-19-7-5-4-6-18(19)2/h4-7,12-14,17,20H,8-11,15-16H2,1-3H3,(H,27,31)/t17?,20?,26-/m0/s1. The summed E-state index contributed by atoms with van der Waals surface area (Å²) in [4.78, 5) is 29.3. The number of nitrogens with zero attached hydrogens (tertiary/aromatic N) is 2. The van der Waals surface area contributed by atoms with Gasteiger partial charge in [0, 0.05) is 24.7 Å². The molecule has 3 heterocycles. The molecule has 1 saturated carbocycles. The molecule has 6 heteroatoms. The Kier molecular flexibility index (Phi) is 5.11. The van der Waals surface area contributed by atoms with Gasteiger partial charge in [0.05, 0.1) is 18.3 Å². The number of carbonyl (C=O) groups is 2. The van der Waals surface area contributed by atoms with Crippen LogP contribution >= 0.6 is 0 Å². The van der Waals surface area contributed by atoms with Crippen molar-refractivity contribution in [3.8, 4) is 0 Å². The van der Waals surface area contributed by atoms with E-state index in [1.807, 2.05) is 48.7 Å². The van der Waals surface area contributed by atoms with Crippen molar-refractivity contribution in [1.82, 2.24) is 14.8 Å². The zero-order valence-electron chi connectivity index (χ0n) is 19.1. The molecule has 0 radical (unpaired) electrons. The van der Waals surface area contributed by atoms with E-state index in [4.69, 9.17) is 4.42 Å². The van der Waals surface area contributed by atoms with Crippen molar-refractivity contribution in [2.45, 2.75) is 71.1 Å². The second kappa shape index (κ2) is 7.84. The van der Waals surface area contributed by atoms with Crippen molar-refractivity contribution in [3.05, 3.63) is 59.5 Å². The zero-order valence-corrected chi connectivity index (χ0v) is 19.1. The zero-order chi connectivity index (χ0) is 22.5. The van der Waals surface area contributed by atoms with Crippen molar-refractivity contribution in [1.29, 1.82) is 0 Å². The lowest BCUT2D eigenvalue weighted by atomic mass is 9.86. The molecule has 2 amide bonds. The van der Waals surface area contributed by atoms with E-state index in [9.17, 15) is 9.59 Å². The highest BCUT2D eigenvalue weighted by Crippen LogP contribution is 2.35. The fourth-order valence-electron chi connectivity index (χ4n) is 5.22. The van der Waals surface area contributed by atoms with Crippen LogP contribution in [0.25, 0.3) is 11.1 Å². The molecule has 0 unspecified atom stereocenters. The predicted molar refractivity (Wildman–Crippen MR) is 123 cm³/mol. The van der Waals surface area contributed by atoms with Crippen LogP contribution in [0.2, 0.25) is 0 Å². The number of nitrogens with one attached hydrogen (secondary N) is 1. The van der Waals surface area contributed by atoms with Crippen LogP contribution in [0.5, 0.6) is 0 Å². The molecule has 1 atom stereocenters. The first kappa shape index (κ1) is 20.9. The van der Waals surface area contributed by atoms with E-state index < -0.39 is 5.54 Å². The second-order valence-electron chi connectivity index (χ2n) is 9.81. The molecule has 2 aromatic heterocycles. The van der Waals surface area contributed by atoms with Crippen molar-refractivity contribution >= 4 is 22.9 Å². The Hall–Kier alpha value is -3.02. The number of carbonyl (C=O) groups excluding carboxylic acids is 2. The monoisotopic (exact) mass is 433 g/mol. The quantitative estimate of drug-likeness (QED) is 0.651. The summed E-state index contributed by atoms with van der Waals surface area (Å²) in [5.74, 6) is 0.500. The minimum atomic E-state index is -1.00. The van der Waals surface area contributed by atoms with Gasteiger partial charge in [-0.05, 0) is 56.6 Å². The van der Waals surface area contributed by atoms with E-state index in [-0.39, 0.29) is 17.9 Å². The molecule has 1 aromatic carbocycles. The normalized spacial score (nSPS) is 25.7. The van der Waals surface area contributed by atoms with Gasteiger partial charge in [-0.3, -0.25) is 9.59 Å². The average molecular weight is 434 g/mol. The summed E-state index contributed by atoms with van der Waals surface area (Å²) in [6.07, 6.45) is 5.88. The van der Waals surface area contributed by atoms with Crippen LogP contribution in [0.3, 0.4) is 0 Å². The number of benzene rings is 1. The summed E-state index contributed by atoms with van der Waals surface area (Å²) in [5.41, 5.74) is 3.27. The predicted octanol–water partition coefficient (Wildman–Crippen LogP) is 4.65. The Morgan fingerprint density at radius 1 is 1.19 bits per heavy atom. The van der Waals surface area contributed by atoms with E-state index in [0.717, 1.165) is 42.3 Å².